The molecule has 37 heavy (non-hydrogen) atoms. The number of hydrogen-bond donors (Lipinski definition) is 5. The van der Waals surface area contributed by atoms with Crippen LogP contribution in [0.2, 0.25) is 0 Å². The number of sulfonamides is 1. The topological polar surface area (TPSA) is 169 Å². The molecular weight excluding hydrogens is 496 g/mol. The highest BCUT2D eigenvalue weighted by molar-refractivity contribution is 7.89. The first-order chi connectivity index (χ1) is 17.6. The van der Waals surface area contributed by atoms with Crippen molar-refractivity contribution in [3.05, 3.63) is 78.0 Å². The normalized spacial score (nSPS) is 12.0. The fourth-order valence-electron chi connectivity index (χ4n) is 3.28. The molecule has 0 fully saturated rings. The summed E-state index contributed by atoms with van der Waals surface area (Å²) >= 11 is 0. The zero-order valence-corrected chi connectivity index (χ0v) is 21.5. The van der Waals surface area contributed by atoms with Crippen LogP contribution in [0.1, 0.15) is 37.9 Å². The van der Waals surface area contributed by atoms with Gasteiger partial charge in [0.1, 0.15) is 11.9 Å². The zero-order chi connectivity index (χ0) is 27.0. The maximum absolute atomic E-state index is 13.3. The number of rotatable bonds is 12. The Morgan fingerprint density at radius 1 is 1.08 bits per heavy atom. The van der Waals surface area contributed by atoms with Crippen LogP contribution in [-0.2, 0) is 14.8 Å². The van der Waals surface area contributed by atoms with Crippen molar-refractivity contribution < 1.29 is 22.7 Å². The molecule has 1 atom stereocenters. The van der Waals surface area contributed by atoms with Gasteiger partial charge in [0, 0.05) is 17.4 Å². The molecule has 12 heteroatoms. The Labute approximate surface area is 215 Å². The van der Waals surface area contributed by atoms with Gasteiger partial charge >= 0.3 is 0 Å². The summed E-state index contributed by atoms with van der Waals surface area (Å²) in [6.07, 6.45) is 1.24. The lowest BCUT2D eigenvalue weighted by Gasteiger charge is -2.22. The van der Waals surface area contributed by atoms with Gasteiger partial charge in [-0.25, -0.2) is 13.4 Å². The van der Waals surface area contributed by atoms with E-state index in [1.165, 1.54) is 18.3 Å². The average molecular weight is 527 g/mol. The number of nitrogens with two attached hydrogens (primary N) is 1. The minimum Gasteiger partial charge on any atom is -0.490 e. The second-order valence-corrected chi connectivity index (χ2v) is 9.77. The van der Waals surface area contributed by atoms with Gasteiger partial charge in [-0.2, -0.15) is 0 Å². The molecule has 6 N–H and O–H groups in total. The number of pyridine rings is 1. The highest BCUT2D eigenvalue weighted by Gasteiger charge is 2.25. The third-order valence-electron chi connectivity index (χ3n) is 4.95. The van der Waals surface area contributed by atoms with E-state index < -0.39 is 22.0 Å². The maximum atomic E-state index is 13.3. The molecule has 1 heterocycles. The zero-order valence-electron chi connectivity index (χ0n) is 20.7. The summed E-state index contributed by atoms with van der Waals surface area (Å²) in [5.74, 6) is 0.178. The van der Waals surface area contributed by atoms with E-state index in [2.05, 4.69) is 20.6 Å². The first kappa shape index (κ1) is 27.4. The molecule has 0 spiro atoms. The number of benzene rings is 2. The van der Waals surface area contributed by atoms with E-state index in [1.54, 1.807) is 48.5 Å². The van der Waals surface area contributed by atoms with Crippen molar-refractivity contribution in [3.8, 4) is 11.5 Å². The molecule has 0 saturated heterocycles. The van der Waals surface area contributed by atoms with Crippen LogP contribution in [-0.4, -0.2) is 37.9 Å². The van der Waals surface area contributed by atoms with Gasteiger partial charge in [0.05, 0.1) is 12.7 Å². The highest BCUT2D eigenvalue weighted by Crippen LogP contribution is 2.33. The van der Waals surface area contributed by atoms with Crippen molar-refractivity contribution in [2.24, 2.45) is 5.73 Å². The smallest absolute Gasteiger partial charge is 0.274 e. The first-order valence-corrected chi connectivity index (χ1v) is 13.0. The third-order valence-corrected chi connectivity index (χ3v) is 6.12. The van der Waals surface area contributed by atoms with Crippen molar-refractivity contribution in [2.45, 2.75) is 37.9 Å². The van der Waals surface area contributed by atoms with E-state index in [-0.39, 0.29) is 17.0 Å². The van der Waals surface area contributed by atoms with Crippen LogP contribution in [0.5, 0.6) is 11.5 Å². The number of aromatic nitrogens is 1. The Morgan fingerprint density at radius 2 is 1.81 bits per heavy atom. The maximum Gasteiger partial charge on any atom is 0.274 e. The molecule has 0 saturated carbocycles. The van der Waals surface area contributed by atoms with Crippen LogP contribution in [0.25, 0.3) is 0 Å². The third kappa shape index (κ3) is 7.41. The number of nitrogens with zero attached hydrogens (tertiary/aromatic N) is 1. The van der Waals surface area contributed by atoms with Crippen molar-refractivity contribution in [1.29, 1.82) is 5.41 Å². The van der Waals surface area contributed by atoms with E-state index >= 15 is 0 Å². The molecule has 1 unspecified atom stereocenters. The summed E-state index contributed by atoms with van der Waals surface area (Å²) in [7, 11) is -4.10. The molecule has 196 valence electrons. The summed E-state index contributed by atoms with van der Waals surface area (Å²) in [6, 6.07) is 15.0. The number of carbonyl (C=O) groups excluding carboxylic acids is 1. The Hall–Kier alpha value is -4.16. The number of amidine groups is 1. The lowest BCUT2D eigenvalue weighted by Crippen LogP contribution is -2.45. The largest absolute Gasteiger partial charge is 0.490 e. The Morgan fingerprint density at radius 3 is 2.41 bits per heavy atom. The second kappa shape index (κ2) is 12.2. The predicted octanol–water partition coefficient (Wildman–Crippen LogP) is 2.71. The number of hydrogen-bond acceptors (Lipinski definition) is 8. The molecule has 3 rings (SSSR count). The minimum absolute atomic E-state index is 0.0909. The Kier molecular flexibility index (Phi) is 9.04. The number of hydrazine groups is 1. The number of amides is 1. The summed E-state index contributed by atoms with van der Waals surface area (Å²) < 4.78 is 36.7. The SMILES string of the molecule is CCOc1cc(C(Nc2ccc(C(=N)N)cc2)C(=O)NNS(=O)(=O)c2ccccn2)ccc1OC(C)C. The Bertz CT molecular complexity index is 1330. The Balaban J connectivity index is 1.92. The quantitative estimate of drug-likeness (QED) is 0.136. The molecule has 1 aromatic heterocycles. The molecule has 0 aliphatic carbocycles. The molecule has 0 bridgehead atoms. The van der Waals surface area contributed by atoms with E-state index in [1.807, 2.05) is 20.8 Å². The molecule has 1 amide bonds. The van der Waals surface area contributed by atoms with Crippen LogP contribution >= 0.6 is 0 Å². The number of ether oxygens (including phenoxy) is 2. The fraction of sp³-hybridized carbons (Fsp3) is 0.240. The van der Waals surface area contributed by atoms with Gasteiger partial charge in [0.15, 0.2) is 16.5 Å². The van der Waals surface area contributed by atoms with Crippen LogP contribution in [0, 0.1) is 5.41 Å². The lowest BCUT2D eigenvalue weighted by atomic mass is 10.0. The van der Waals surface area contributed by atoms with Crippen molar-refractivity contribution in [3.63, 3.8) is 0 Å². The van der Waals surface area contributed by atoms with Crippen molar-refractivity contribution in [2.75, 3.05) is 11.9 Å². The summed E-state index contributed by atoms with van der Waals surface area (Å²) in [5, 5.41) is 10.4. The summed E-state index contributed by atoms with van der Waals surface area (Å²) in [5.41, 5.74) is 9.34. The first-order valence-electron chi connectivity index (χ1n) is 11.5. The van der Waals surface area contributed by atoms with Gasteiger partial charge in [0.2, 0.25) is 0 Å². The molecule has 0 radical (unpaired) electrons. The van der Waals surface area contributed by atoms with Crippen LogP contribution in [0.4, 0.5) is 5.69 Å². The van der Waals surface area contributed by atoms with Gasteiger partial charge in [-0.1, -0.05) is 12.1 Å². The number of carbonyl (C=O) groups is 1. The van der Waals surface area contributed by atoms with Crippen LogP contribution in [0.3, 0.4) is 0 Å². The van der Waals surface area contributed by atoms with Crippen LogP contribution in [0.15, 0.2) is 71.9 Å². The minimum atomic E-state index is -4.10. The van der Waals surface area contributed by atoms with Crippen LogP contribution < -0.4 is 30.8 Å². The van der Waals surface area contributed by atoms with Gasteiger partial charge in [-0.3, -0.25) is 15.6 Å². The standard InChI is InChI=1S/C25H30N6O5S/c1-4-35-21-15-18(10-13-20(21)36-16(2)3)23(29-19-11-8-17(9-12-19)24(26)27)25(32)30-31-37(33,34)22-7-5-6-14-28-22/h5-16,23,29,31H,4H2,1-3H3,(H3,26,27)(H,30,32). The van der Waals surface area contributed by atoms with Gasteiger partial charge in [-0.05, 0) is 74.9 Å². The summed E-state index contributed by atoms with van der Waals surface area (Å²) in [4.78, 5) is 19.2. The van der Waals surface area contributed by atoms with Gasteiger partial charge < -0.3 is 20.5 Å². The highest BCUT2D eigenvalue weighted by atomic mass is 32.2. The molecule has 0 aliphatic heterocycles. The molecule has 2 aromatic carbocycles. The number of nitrogen functional groups attached to an aromatic ring is 1. The van der Waals surface area contributed by atoms with E-state index in [0.717, 1.165) is 0 Å². The number of anilines is 1. The average Bonchev–Trinajstić information content (AvgIpc) is 2.87. The fourth-order valence-corrected chi connectivity index (χ4v) is 4.08. The number of nitrogens with one attached hydrogen (secondary N) is 4. The molecule has 0 aliphatic rings. The van der Waals surface area contributed by atoms with E-state index in [0.29, 0.717) is 34.9 Å². The van der Waals surface area contributed by atoms with Gasteiger partial charge in [0.25, 0.3) is 15.9 Å². The second-order valence-electron chi connectivity index (χ2n) is 8.14. The lowest BCUT2D eigenvalue weighted by molar-refractivity contribution is -0.122. The monoisotopic (exact) mass is 526 g/mol. The van der Waals surface area contributed by atoms with E-state index in [4.69, 9.17) is 20.6 Å². The van der Waals surface area contributed by atoms with E-state index in [9.17, 15) is 13.2 Å². The molecule has 11 nitrogen and oxygen atoms in total. The molecular formula is C25H30N6O5S. The predicted molar refractivity (Wildman–Crippen MR) is 140 cm³/mol. The van der Waals surface area contributed by atoms with Crippen molar-refractivity contribution >= 4 is 27.5 Å². The van der Waals surface area contributed by atoms with Crippen molar-refractivity contribution in [1.82, 2.24) is 15.2 Å². The summed E-state index contributed by atoms with van der Waals surface area (Å²) in [6.45, 7) is 5.98. The van der Waals surface area contributed by atoms with Gasteiger partial charge in [-0.15, -0.1) is 4.83 Å². The molecule has 3 aromatic rings.